The Balaban J connectivity index is 1.50. The van der Waals surface area contributed by atoms with Crippen molar-refractivity contribution in [3.63, 3.8) is 0 Å². The van der Waals surface area contributed by atoms with Gasteiger partial charge in [-0.2, -0.15) is 0 Å². The van der Waals surface area contributed by atoms with Crippen LogP contribution in [-0.2, 0) is 9.53 Å². The second-order valence-electron chi connectivity index (χ2n) is 6.31. The minimum Gasteiger partial charge on any atom is -0.486 e. The number of para-hydroxylation sites is 2. The standard InChI is InChI=1S/C20H22N2O5/c1-22(11-16-13-26-17-8-3-4-9-18(17)27-16)12-19(23)21-15-7-5-6-14(10-15)20(24)25-2/h3-10,16H,11-13H2,1-2H3,(H,21,23). The molecule has 1 amide bonds. The zero-order valence-corrected chi connectivity index (χ0v) is 15.3. The molecular weight excluding hydrogens is 348 g/mol. The molecule has 2 aromatic rings. The molecule has 1 unspecified atom stereocenters. The van der Waals surface area contributed by atoms with Gasteiger partial charge in [-0.25, -0.2) is 4.79 Å². The molecule has 0 bridgehead atoms. The average molecular weight is 370 g/mol. The van der Waals surface area contributed by atoms with Crippen LogP contribution in [0.15, 0.2) is 48.5 Å². The van der Waals surface area contributed by atoms with Gasteiger partial charge >= 0.3 is 5.97 Å². The number of benzene rings is 2. The Labute approximate surface area is 157 Å². The van der Waals surface area contributed by atoms with Gasteiger partial charge in [0.15, 0.2) is 11.5 Å². The molecule has 0 spiro atoms. The van der Waals surface area contributed by atoms with Crippen molar-refractivity contribution in [2.24, 2.45) is 0 Å². The molecule has 142 valence electrons. The molecule has 0 fully saturated rings. The maximum absolute atomic E-state index is 12.3. The number of carbonyl (C=O) groups is 2. The molecule has 0 radical (unpaired) electrons. The zero-order chi connectivity index (χ0) is 19.2. The number of rotatable bonds is 6. The maximum Gasteiger partial charge on any atom is 0.337 e. The summed E-state index contributed by atoms with van der Waals surface area (Å²) in [6, 6.07) is 14.1. The fourth-order valence-electron chi connectivity index (χ4n) is 2.85. The van der Waals surface area contributed by atoms with E-state index in [1.54, 1.807) is 24.3 Å². The maximum atomic E-state index is 12.3. The molecule has 1 aliphatic heterocycles. The van der Waals surface area contributed by atoms with E-state index in [0.717, 1.165) is 5.75 Å². The summed E-state index contributed by atoms with van der Waals surface area (Å²) in [7, 11) is 3.16. The lowest BCUT2D eigenvalue weighted by Crippen LogP contribution is -2.42. The minimum atomic E-state index is -0.446. The molecule has 0 saturated heterocycles. The Morgan fingerprint density at radius 3 is 2.74 bits per heavy atom. The van der Waals surface area contributed by atoms with Crippen LogP contribution in [0.2, 0.25) is 0 Å². The van der Waals surface area contributed by atoms with Crippen molar-refractivity contribution in [2.75, 3.05) is 39.2 Å². The van der Waals surface area contributed by atoms with Gasteiger partial charge in [0.1, 0.15) is 12.7 Å². The predicted molar refractivity (Wildman–Crippen MR) is 100 cm³/mol. The highest BCUT2D eigenvalue weighted by Gasteiger charge is 2.22. The van der Waals surface area contributed by atoms with Gasteiger partial charge in [-0.1, -0.05) is 18.2 Å². The molecular formula is C20H22N2O5. The number of hydrogen-bond donors (Lipinski definition) is 1. The van der Waals surface area contributed by atoms with E-state index in [-0.39, 0.29) is 18.6 Å². The van der Waals surface area contributed by atoms with Crippen LogP contribution in [0.3, 0.4) is 0 Å². The molecule has 3 rings (SSSR count). The summed E-state index contributed by atoms with van der Waals surface area (Å²) in [5.41, 5.74) is 0.928. The van der Waals surface area contributed by atoms with Crippen molar-refractivity contribution < 1.29 is 23.8 Å². The van der Waals surface area contributed by atoms with Gasteiger partial charge in [-0.05, 0) is 37.4 Å². The van der Waals surface area contributed by atoms with Crippen LogP contribution in [0.5, 0.6) is 11.5 Å². The monoisotopic (exact) mass is 370 g/mol. The van der Waals surface area contributed by atoms with Crippen LogP contribution in [0.25, 0.3) is 0 Å². The Bertz CT molecular complexity index is 824. The number of methoxy groups -OCH3 is 1. The summed E-state index contributed by atoms with van der Waals surface area (Å²) < 4.78 is 16.3. The predicted octanol–water partition coefficient (Wildman–Crippen LogP) is 2.18. The Hall–Kier alpha value is -3.06. The molecule has 0 saturated carbocycles. The topological polar surface area (TPSA) is 77.1 Å². The molecule has 7 nitrogen and oxygen atoms in total. The number of fused-ring (bicyclic) bond motifs is 1. The highest BCUT2D eigenvalue weighted by molar-refractivity contribution is 5.95. The number of esters is 1. The molecule has 7 heteroatoms. The lowest BCUT2D eigenvalue weighted by Gasteiger charge is -2.29. The quantitative estimate of drug-likeness (QED) is 0.786. The normalized spacial score (nSPS) is 15.3. The lowest BCUT2D eigenvalue weighted by molar-refractivity contribution is -0.117. The first-order valence-electron chi connectivity index (χ1n) is 8.60. The Morgan fingerprint density at radius 2 is 1.96 bits per heavy atom. The second kappa shape index (κ2) is 8.55. The SMILES string of the molecule is COC(=O)c1cccc(NC(=O)CN(C)CC2COc3ccccc3O2)c1. The highest BCUT2D eigenvalue weighted by Crippen LogP contribution is 2.30. The average Bonchev–Trinajstić information content (AvgIpc) is 2.67. The molecule has 2 aromatic carbocycles. The van der Waals surface area contributed by atoms with Crippen LogP contribution in [-0.4, -0.2) is 56.7 Å². The summed E-state index contributed by atoms with van der Waals surface area (Å²) in [4.78, 5) is 25.7. The zero-order valence-electron chi connectivity index (χ0n) is 15.3. The van der Waals surface area contributed by atoms with E-state index in [1.807, 2.05) is 36.2 Å². The number of nitrogens with zero attached hydrogens (tertiary/aromatic N) is 1. The minimum absolute atomic E-state index is 0.152. The van der Waals surface area contributed by atoms with E-state index in [1.165, 1.54) is 7.11 Å². The van der Waals surface area contributed by atoms with Gasteiger partial charge < -0.3 is 19.5 Å². The summed E-state index contributed by atoms with van der Waals surface area (Å²) in [5, 5.41) is 2.78. The summed E-state index contributed by atoms with van der Waals surface area (Å²) >= 11 is 0. The van der Waals surface area contributed by atoms with Crippen molar-refractivity contribution in [1.29, 1.82) is 0 Å². The number of amides is 1. The second-order valence-corrected chi connectivity index (χ2v) is 6.31. The van der Waals surface area contributed by atoms with Crippen LogP contribution in [0, 0.1) is 0 Å². The van der Waals surface area contributed by atoms with E-state index < -0.39 is 5.97 Å². The van der Waals surface area contributed by atoms with Crippen LogP contribution in [0.1, 0.15) is 10.4 Å². The summed E-state index contributed by atoms with van der Waals surface area (Å²) in [5.74, 6) is 0.820. The summed E-state index contributed by atoms with van der Waals surface area (Å²) in [6.07, 6.45) is -0.152. The van der Waals surface area contributed by atoms with E-state index >= 15 is 0 Å². The van der Waals surface area contributed by atoms with Crippen molar-refractivity contribution >= 4 is 17.6 Å². The van der Waals surface area contributed by atoms with Gasteiger partial charge in [-0.15, -0.1) is 0 Å². The fraction of sp³-hybridized carbons (Fsp3) is 0.300. The molecule has 1 N–H and O–H groups in total. The lowest BCUT2D eigenvalue weighted by atomic mass is 10.2. The first kappa shape index (κ1) is 18.7. The molecule has 1 heterocycles. The van der Waals surface area contributed by atoms with Crippen molar-refractivity contribution in [3.05, 3.63) is 54.1 Å². The van der Waals surface area contributed by atoms with Gasteiger partial charge in [-0.3, -0.25) is 9.69 Å². The van der Waals surface area contributed by atoms with Crippen molar-refractivity contribution in [2.45, 2.75) is 6.10 Å². The Morgan fingerprint density at radius 1 is 1.19 bits per heavy atom. The summed E-state index contributed by atoms with van der Waals surface area (Å²) in [6.45, 7) is 1.16. The van der Waals surface area contributed by atoms with Crippen LogP contribution < -0.4 is 14.8 Å². The van der Waals surface area contributed by atoms with Crippen molar-refractivity contribution in [1.82, 2.24) is 4.90 Å². The van der Waals surface area contributed by atoms with E-state index in [2.05, 4.69) is 10.1 Å². The number of likely N-dealkylation sites (N-methyl/N-ethyl adjacent to an activating group) is 1. The first-order valence-corrected chi connectivity index (χ1v) is 8.60. The third-order valence-corrected chi connectivity index (χ3v) is 4.06. The number of nitrogens with one attached hydrogen (secondary N) is 1. The van der Waals surface area contributed by atoms with E-state index in [0.29, 0.717) is 30.2 Å². The fourth-order valence-corrected chi connectivity index (χ4v) is 2.85. The molecule has 0 aliphatic carbocycles. The third-order valence-electron chi connectivity index (χ3n) is 4.06. The first-order chi connectivity index (χ1) is 13.0. The van der Waals surface area contributed by atoms with Crippen LogP contribution >= 0.6 is 0 Å². The number of hydrogen-bond acceptors (Lipinski definition) is 6. The molecule has 1 aliphatic rings. The van der Waals surface area contributed by atoms with Gasteiger partial charge in [0, 0.05) is 12.2 Å². The number of anilines is 1. The van der Waals surface area contributed by atoms with Crippen molar-refractivity contribution in [3.8, 4) is 11.5 Å². The molecule has 27 heavy (non-hydrogen) atoms. The number of ether oxygens (including phenoxy) is 3. The van der Waals surface area contributed by atoms with E-state index in [9.17, 15) is 9.59 Å². The van der Waals surface area contributed by atoms with Gasteiger partial charge in [0.2, 0.25) is 5.91 Å². The smallest absolute Gasteiger partial charge is 0.337 e. The highest BCUT2D eigenvalue weighted by atomic mass is 16.6. The van der Waals surface area contributed by atoms with E-state index in [4.69, 9.17) is 9.47 Å². The van der Waals surface area contributed by atoms with Gasteiger partial charge in [0.05, 0.1) is 19.2 Å². The largest absolute Gasteiger partial charge is 0.486 e. The third kappa shape index (κ3) is 4.98. The Kier molecular flexibility index (Phi) is 5.93. The molecule has 0 aromatic heterocycles. The van der Waals surface area contributed by atoms with Crippen LogP contribution in [0.4, 0.5) is 5.69 Å². The number of carbonyl (C=O) groups excluding carboxylic acids is 2. The van der Waals surface area contributed by atoms with Gasteiger partial charge in [0.25, 0.3) is 0 Å². The molecule has 1 atom stereocenters.